The third-order valence-corrected chi connectivity index (χ3v) is 4.48. The Morgan fingerprint density at radius 1 is 1.35 bits per heavy atom. The molecule has 0 fully saturated rings. The largest absolute Gasteiger partial charge is 0.316 e. The number of rotatable bonds is 6. The molecule has 90 valence electrons. The number of hydrogen-bond donors (Lipinski definition) is 1. The summed E-state index contributed by atoms with van der Waals surface area (Å²) in [6.07, 6.45) is 2.88. The zero-order valence-corrected chi connectivity index (χ0v) is 11.4. The van der Waals surface area contributed by atoms with Crippen LogP contribution in [-0.2, 0) is 6.42 Å². The lowest BCUT2D eigenvalue weighted by molar-refractivity contribution is 0.615. The SMILES string of the molecule is CNC(CSc1ccccc1)Cc1nccs1. The molecule has 0 spiro atoms. The highest BCUT2D eigenvalue weighted by Gasteiger charge is 2.09. The first-order valence-electron chi connectivity index (χ1n) is 5.62. The molecule has 1 N–H and O–H groups in total. The van der Waals surface area contributed by atoms with Crippen molar-refractivity contribution < 1.29 is 0 Å². The molecule has 2 nitrogen and oxygen atoms in total. The molecule has 0 amide bonds. The summed E-state index contributed by atoms with van der Waals surface area (Å²) in [6.45, 7) is 0. The fraction of sp³-hybridized carbons (Fsp3) is 0.308. The van der Waals surface area contributed by atoms with Gasteiger partial charge >= 0.3 is 0 Å². The van der Waals surface area contributed by atoms with Crippen LogP contribution in [0.15, 0.2) is 46.8 Å². The van der Waals surface area contributed by atoms with Gasteiger partial charge in [0, 0.05) is 34.7 Å². The lowest BCUT2D eigenvalue weighted by Gasteiger charge is -2.14. The van der Waals surface area contributed by atoms with Crippen molar-refractivity contribution in [2.45, 2.75) is 17.4 Å². The molecule has 0 aliphatic heterocycles. The minimum absolute atomic E-state index is 0.478. The monoisotopic (exact) mass is 264 g/mol. The highest BCUT2D eigenvalue weighted by molar-refractivity contribution is 7.99. The fourth-order valence-electron chi connectivity index (χ4n) is 1.52. The van der Waals surface area contributed by atoms with Crippen molar-refractivity contribution >= 4 is 23.1 Å². The molecular weight excluding hydrogens is 248 g/mol. The number of likely N-dealkylation sites (N-methyl/N-ethyl adjacent to an activating group) is 1. The summed E-state index contributed by atoms with van der Waals surface area (Å²) in [5.41, 5.74) is 0. The van der Waals surface area contributed by atoms with E-state index in [2.05, 4.69) is 40.6 Å². The van der Waals surface area contributed by atoms with Crippen LogP contribution in [0.25, 0.3) is 0 Å². The molecule has 0 saturated heterocycles. The molecule has 17 heavy (non-hydrogen) atoms. The third kappa shape index (κ3) is 4.15. The van der Waals surface area contributed by atoms with Crippen LogP contribution in [0, 0.1) is 0 Å². The van der Waals surface area contributed by atoms with Gasteiger partial charge in [-0.1, -0.05) is 18.2 Å². The zero-order valence-electron chi connectivity index (χ0n) is 9.80. The first-order valence-corrected chi connectivity index (χ1v) is 7.48. The summed E-state index contributed by atoms with van der Waals surface area (Å²) in [4.78, 5) is 5.65. The number of nitrogens with zero attached hydrogens (tertiary/aromatic N) is 1. The van der Waals surface area contributed by atoms with Gasteiger partial charge in [-0.15, -0.1) is 23.1 Å². The maximum absolute atomic E-state index is 4.33. The molecule has 1 heterocycles. The normalized spacial score (nSPS) is 12.5. The predicted molar refractivity (Wildman–Crippen MR) is 75.8 cm³/mol. The Bertz CT molecular complexity index is 414. The summed E-state index contributed by atoms with van der Waals surface area (Å²) in [6, 6.07) is 11.0. The Hall–Kier alpha value is -0.840. The van der Waals surface area contributed by atoms with Gasteiger partial charge in [-0.2, -0.15) is 0 Å². The summed E-state index contributed by atoms with van der Waals surface area (Å²) >= 11 is 3.62. The van der Waals surface area contributed by atoms with Crippen LogP contribution in [-0.4, -0.2) is 23.8 Å². The maximum atomic E-state index is 4.33. The predicted octanol–water partition coefficient (Wildman–Crippen LogP) is 3.07. The van der Waals surface area contributed by atoms with Crippen molar-refractivity contribution in [3.05, 3.63) is 46.9 Å². The maximum Gasteiger partial charge on any atom is 0.0940 e. The van der Waals surface area contributed by atoms with E-state index < -0.39 is 0 Å². The van der Waals surface area contributed by atoms with Gasteiger partial charge in [0.2, 0.25) is 0 Å². The van der Waals surface area contributed by atoms with Gasteiger partial charge in [0.05, 0.1) is 5.01 Å². The van der Waals surface area contributed by atoms with Gasteiger partial charge in [0.25, 0.3) is 0 Å². The minimum atomic E-state index is 0.478. The van der Waals surface area contributed by atoms with E-state index in [9.17, 15) is 0 Å². The van der Waals surface area contributed by atoms with Gasteiger partial charge in [-0.3, -0.25) is 0 Å². The Morgan fingerprint density at radius 3 is 2.82 bits per heavy atom. The van der Waals surface area contributed by atoms with Crippen LogP contribution in [0.1, 0.15) is 5.01 Å². The molecule has 0 aliphatic carbocycles. The molecule has 1 atom stereocenters. The molecular formula is C13H16N2S2. The van der Waals surface area contributed by atoms with Crippen LogP contribution in [0.3, 0.4) is 0 Å². The van der Waals surface area contributed by atoms with Gasteiger partial charge in [-0.05, 0) is 19.2 Å². The molecule has 0 radical (unpaired) electrons. The Kier molecular flexibility index (Phi) is 5.04. The standard InChI is InChI=1S/C13H16N2S2/c1-14-11(9-13-15-7-8-16-13)10-17-12-5-3-2-4-6-12/h2-8,11,14H,9-10H2,1H3. The van der Waals surface area contributed by atoms with Crippen LogP contribution in [0.2, 0.25) is 0 Å². The van der Waals surface area contributed by atoms with Crippen molar-refractivity contribution in [2.75, 3.05) is 12.8 Å². The third-order valence-electron chi connectivity index (χ3n) is 2.51. The topological polar surface area (TPSA) is 24.9 Å². The lowest BCUT2D eigenvalue weighted by Crippen LogP contribution is -2.29. The van der Waals surface area contributed by atoms with Crippen molar-refractivity contribution in [3.8, 4) is 0 Å². The summed E-state index contributed by atoms with van der Waals surface area (Å²) < 4.78 is 0. The van der Waals surface area contributed by atoms with E-state index in [0.717, 1.165) is 12.2 Å². The van der Waals surface area contributed by atoms with Crippen LogP contribution >= 0.6 is 23.1 Å². The molecule has 0 bridgehead atoms. The molecule has 1 aromatic carbocycles. The Balaban J connectivity index is 1.84. The molecule has 2 aromatic rings. The van der Waals surface area contributed by atoms with E-state index in [1.54, 1.807) is 11.3 Å². The second-order valence-corrected chi connectivity index (χ2v) is 5.81. The van der Waals surface area contributed by atoms with Gasteiger partial charge in [0.1, 0.15) is 0 Å². The second-order valence-electron chi connectivity index (χ2n) is 3.74. The van der Waals surface area contributed by atoms with Crippen molar-refractivity contribution in [3.63, 3.8) is 0 Å². The summed E-state index contributed by atoms with van der Waals surface area (Å²) in [7, 11) is 2.02. The molecule has 0 aliphatic rings. The highest BCUT2D eigenvalue weighted by atomic mass is 32.2. The van der Waals surface area contributed by atoms with Crippen LogP contribution < -0.4 is 5.32 Å². The summed E-state index contributed by atoms with van der Waals surface area (Å²) in [5.74, 6) is 1.07. The average Bonchev–Trinajstić information content (AvgIpc) is 2.88. The van der Waals surface area contributed by atoms with Crippen LogP contribution in [0.4, 0.5) is 0 Å². The minimum Gasteiger partial charge on any atom is -0.316 e. The zero-order chi connectivity index (χ0) is 11.9. The van der Waals surface area contributed by atoms with E-state index in [-0.39, 0.29) is 0 Å². The Labute approximate surface area is 110 Å². The fourth-order valence-corrected chi connectivity index (χ4v) is 3.25. The van der Waals surface area contributed by atoms with E-state index >= 15 is 0 Å². The van der Waals surface area contributed by atoms with Crippen molar-refractivity contribution in [2.24, 2.45) is 0 Å². The number of thioether (sulfide) groups is 1. The molecule has 2 rings (SSSR count). The smallest absolute Gasteiger partial charge is 0.0940 e. The number of hydrogen-bond acceptors (Lipinski definition) is 4. The first kappa shape index (κ1) is 12.6. The Morgan fingerprint density at radius 2 is 2.18 bits per heavy atom. The molecule has 1 aromatic heterocycles. The van der Waals surface area contributed by atoms with Crippen LogP contribution in [0.5, 0.6) is 0 Å². The van der Waals surface area contributed by atoms with Gasteiger partial charge < -0.3 is 5.32 Å². The van der Waals surface area contributed by atoms with Gasteiger partial charge in [-0.25, -0.2) is 4.98 Å². The van der Waals surface area contributed by atoms with Crippen molar-refractivity contribution in [1.29, 1.82) is 0 Å². The van der Waals surface area contributed by atoms with Gasteiger partial charge in [0.15, 0.2) is 0 Å². The number of nitrogens with one attached hydrogen (secondary N) is 1. The van der Waals surface area contributed by atoms with E-state index in [1.165, 1.54) is 9.90 Å². The van der Waals surface area contributed by atoms with Crippen molar-refractivity contribution in [1.82, 2.24) is 10.3 Å². The number of aromatic nitrogens is 1. The summed E-state index contributed by atoms with van der Waals surface area (Å²) in [5, 5.41) is 6.60. The molecule has 4 heteroatoms. The average molecular weight is 264 g/mol. The molecule has 1 unspecified atom stereocenters. The lowest BCUT2D eigenvalue weighted by atomic mass is 10.2. The second kappa shape index (κ2) is 6.79. The van der Waals surface area contributed by atoms with E-state index in [1.807, 2.05) is 30.4 Å². The molecule has 0 saturated carbocycles. The first-order chi connectivity index (χ1) is 8.38. The highest BCUT2D eigenvalue weighted by Crippen LogP contribution is 2.19. The van der Waals surface area contributed by atoms with E-state index in [0.29, 0.717) is 6.04 Å². The number of thiazole rings is 1. The number of benzene rings is 1. The quantitative estimate of drug-likeness (QED) is 0.812. The van der Waals surface area contributed by atoms with E-state index in [4.69, 9.17) is 0 Å².